The van der Waals surface area contributed by atoms with Crippen molar-refractivity contribution in [3.05, 3.63) is 24.3 Å². The second kappa shape index (κ2) is 42.9. The van der Waals surface area contributed by atoms with Gasteiger partial charge in [-0.05, 0) is 64.2 Å². The molecular weight excluding hydrogens is 768 g/mol. The van der Waals surface area contributed by atoms with Crippen LogP contribution in [0.4, 0.5) is 0 Å². The summed E-state index contributed by atoms with van der Waals surface area (Å²) in [4.78, 5) is 39.6. The molecule has 0 heterocycles. The van der Waals surface area contributed by atoms with Crippen molar-refractivity contribution in [2.45, 2.75) is 200 Å². The molecule has 0 bridgehead atoms. The summed E-state index contributed by atoms with van der Waals surface area (Å²) in [5, 5.41) is 9.37. The van der Waals surface area contributed by atoms with Crippen LogP contribution in [-0.4, -0.2) is 92.4 Å². The Morgan fingerprint density at radius 2 is 0.839 bits per heavy atom. The Morgan fingerprint density at radius 3 is 1.20 bits per heavy atom. The minimum absolute atomic E-state index is 0. The van der Waals surface area contributed by atoms with E-state index in [1.807, 2.05) is 14.1 Å². The number of rotatable bonds is 41. The Hall–Kier alpha value is -1.71. The molecule has 0 radical (unpaired) electrons. The van der Waals surface area contributed by atoms with E-state index in [9.17, 15) is 19.5 Å². The van der Waals surface area contributed by atoms with Gasteiger partial charge in [-0.3, -0.25) is 14.4 Å². The normalized spacial score (nSPS) is 11.7. The Morgan fingerprint density at radius 1 is 0.500 bits per heavy atom. The lowest BCUT2D eigenvalue weighted by Gasteiger charge is -2.30. The fourth-order valence-corrected chi connectivity index (χ4v) is 6.66. The lowest BCUT2D eigenvalue weighted by Crippen LogP contribution is -3.00. The van der Waals surface area contributed by atoms with Crippen LogP contribution in [0.2, 0.25) is 0 Å². The van der Waals surface area contributed by atoms with Crippen LogP contribution < -0.4 is 17.0 Å². The van der Waals surface area contributed by atoms with Crippen molar-refractivity contribution in [1.29, 1.82) is 0 Å². The molecule has 8 nitrogen and oxygen atoms in total. The first-order valence-electron chi connectivity index (χ1n) is 23.1. The lowest BCUT2D eigenvalue weighted by molar-refractivity contribution is -0.890. The molecule has 0 aromatic heterocycles. The maximum Gasteiger partial charge on any atom is 0.305 e. The Balaban J connectivity index is 0. The highest BCUT2D eigenvalue weighted by Crippen LogP contribution is 2.12. The van der Waals surface area contributed by atoms with Crippen LogP contribution in [0, 0.1) is 0 Å². The number of aliphatic hydroxyl groups excluding tert-OH is 1. The highest BCUT2D eigenvalue weighted by atomic mass is 79.9. The second-order valence-corrected chi connectivity index (χ2v) is 16.3. The number of hydrogen-bond donors (Lipinski definition) is 1. The topological polar surface area (TPSA) is 93.1 Å². The summed E-state index contributed by atoms with van der Waals surface area (Å²) >= 11 is 0. The molecular formula is C47H89BrN2O6. The quantitative estimate of drug-likeness (QED) is 0.0288. The molecule has 1 N–H and O–H groups in total. The highest BCUT2D eigenvalue weighted by molar-refractivity contribution is 5.76. The van der Waals surface area contributed by atoms with Crippen molar-refractivity contribution in [2.24, 2.45) is 0 Å². The van der Waals surface area contributed by atoms with Crippen LogP contribution in [0.25, 0.3) is 0 Å². The van der Waals surface area contributed by atoms with Crippen molar-refractivity contribution >= 4 is 17.8 Å². The van der Waals surface area contributed by atoms with Gasteiger partial charge in [-0.25, -0.2) is 0 Å². The molecule has 1 amide bonds. The first kappa shape index (κ1) is 56.4. The summed E-state index contributed by atoms with van der Waals surface area (Å²) in [5.74, 6) is -0.514. The van der Waals surface area contributed by atoms with Crippen molar-refractivity contribution in [3.8, 4) is 0 Å². The monoisotopic (exact) mass is 857 g/mol. The number of unbranched alkanes of at least 4 members (excludes halogenated alkanes) is 22. The number of nitrogens with zero attached hydrogens (tertiary/aromatic N) is 2. The van der Waals surface area contributed by atoms with E-state index in [1.54, 1.807) is 4.90 Å². The van der Waals surface area contributed by atoms with Crippen molar-refractivity contribution in [2.75, 3.05) is 60.1 Å². The molecule has 0 fully saturated rings. The zero-order chi connectivity index (χ0) is 40.5. The molecule has 330 valence electrons. The van der Waals surface area contributed by atoms with Gasteiger partial charge >= 0.3 is 11.9 Å². The van der Waals surface area contributed by atoms with E-state index in [0.717, 1.165) is 51.4 Å². The summed E-state index contributed by atoms with van der Waals surface area (Å²) in [7, 11) is 3.98. The lowest BCUT2D eigenvalue weighted by atomic mass is 10.1. The zero-order valence-electron chi connectivity index (χ0n) is 37.0. The van der Waals surface area contributed by atoms with Gasteiger partial charge < -0.3 is 40.9 Å². The molecule has 0 rings (SSSR count). The number of hydrogen-bond acceptors (Lipinski definition) is 6. The van der Waals surface area contributed by atoms with Gasteiger partial charge in [0, 0.05) is 12.8 Å². The fourth-order valence-electron chi connectivity index (χ4n) is 6.66. The fraction of sp³-hybridized carbons (Fsp3) is 0.851. The van der Waals surface area contributed by atoms with Gasteiger partial charge in [-0.15, -0.1) is 0 Å². The standard InChI is InChI=1S/C47H89N2O6.BrH/c1-5-7-9-11-13-15-17-19-21-23-25-27-29-31-33-35-46(52)54-43-38-48(45(51)37-40-49(3,4)41-42-50)39-44-55-47(53)36-34-32-30-28-26-24-22-20-18-16-14-12-10-8-6-2;/h19-22,50H,5-18,23-44H2,1-4H3;1H/q+1;/p-1/b21-19-,22-20-;. The van der Waals surface area contributed by atoms with Gasteiger partial charge in [0.05, 0.1) is 46.8 Å². The van der Waals surface area contributed by atoms with Crippen LogP contribution in [0.5, 0.6) is 0 Å². The molecule has 0 saturated heterocycles. The minimum atomic E-state index is -0.225. The molecule has 0 aromatic rings. The van der Waals surface area contributed by atoms with E-state index in [0.29, 0.717) is 36.8 Å². The number of amides is 1. The Labute approximate surface area is 356 Å². The van der Waals surface area contributed by atoms with E-state index in [-0.39, 0.29) is 67.7 Å². The third kappa shape index (κ3) is 40.5. The molecule has 0 atom stereocenters. The summed E-state index contributed by atoms with van der Waals surface area (Å²) in [6.07, 6.45) is 42.0. The molecule has 0 unspecified atom stereocenters. The first-order valence-corrected chi connectivity index (χ1v) is 23.1. The van der Waals surface area contributed by atoms with Crippen molar-refractivity contribution in [1.82, 2.24) is 4.90 Å². The number of allylic oxidation sites excluding steroid dienone is 4. The van der Waals surface area contributed by atoms with E-state index >= 15 is 0 Å². The van der Waals surface area contributed by atoms with Gasteiger partial charge in [0.15, 0.2) is 0 Å². The molecule has 0 aliphatic carbocycles. The maximum atomic E-state index is 13.2. The molecule has 0 aromatic carbocycles. The van der Waals surface area contributed by atoms with E-state index in [2.05, 4.69) is 38.2 Å². The van der Waals surface area contributed by atoms with Crippen LogP contribution in [0.1, 0.15) is 200 Å². The summed E-state index contributed by atoms with van der Waals surface area (Å²) in [6.45, 7) is 6.54. The zero-order valence-corrected chi connectivity index (χ0v) is 38.6. The Kier molecular flexibility index (Phi) is 43.2. The second-order valence-electron chi connectivity index (χ2n) is 16.3. The smallest absolute Gasteiger partial charge is 0.305 e. The van der Waals surface area contributed by atoms with Crippen LogP contribution >= 0.6 is 0 Å². The molecule has 9 heteroatoms. The van der Waals surface area contributed by atoms with Gasteiger partial charge in [0.2, 0.25) is 5.91 Å². The van der Waals surface area contributed by atoms with E-state index in [1.165, 1.54) is 116 Å². The van der Waals surface area contributed by atoms with Gasteiger partial charge in [-0.2, -0.15) is 0 Å². The number of carbonyl (C=O) groups is 3. The molecule has 0 saturated carbocycles. The third-order valence-corrected chi connectivity index (χ3v) is 10.5. The van der Waals surface area contributed by atoms with Crippen molar-refractivity contribution < 1.29 is 50.4 Å². The summed E-state index contributed by atoms with van der Waals surface area (Å²) in [6, 6.07) is 0. The van der Waals surface area contributed by atoms with E-state index < -0.39 is 0 Å². The number of ether oxygens (including phenoxy) is 2. The summed E-state index contributed by atoms with van der Waals surface area (Å²) in [5.41, 5.74) is 0. The van der Waals surface area contributed by atoms with Gasteiger partial charge in [-0.1, -0.05) is 141 Å². The third-order valence-electron chi connectivity index (χ3n) is 10.5. The summed E-state index contributed by atoms with van der Waals surface area (Å²) < 4.78 is 11.5. The molecule has 0 aliphatic rings. The number of carbonyl (C=O) groups excluding carboxylic acids is 3. The van der Waals surface area contributed by atoms with Crippen LogP contribution in [0.15, 0.2) is 24.3 Å². The number of halogens is 1. The predicted octanol–water partition coefficient (Wildman–Crippen LogP) is 8.44. The van der Waals surface area contributed by atoms with E-state index in [4.69, 9.17) is 9.47 Å². The van der Waals surface area contributed by atoms with Gasteiger partial charge in [0.1, 0.15) is 19.8 Å². The average molecular weight is 858 g/mol. The molecule has 0 spiro atoms. The number of esters is 2. The molecule has 56 heavy (non-hydrogen) atoms. The SMILES string of the molecule is CCCCCCCC/C=C\CCCCCCCC(=O)OCCN(CCOC(=O)CCCCCCC/C=C\CCCCCCCC)C(=O)CC[N+](C)(C)CCO.[Br-]. The highest BCUT2D eigenvalue weighted by Gasteiger charge is 2.21. The average Bonchev–Trinajstić information content (AvgIpc) is 3.16. The minimum Gasteiger partial charge on any atom is -1.00 e. The Bertz CT molecular complexity index is 899. The largest absolute Gasteiger partial charge is 1.00 e. The van der Waals surface area contributed by atoms with Crippen molar-refractivity contribution in [3.63, 3.8) is 0 Å². The maximum absolute atomic E-state index is 13.2. The predicted molar refractivity (Wildman–Crippen MR) is 231 cm³/mol. The molecule has 0 aliphatic heterocycles. The van der Waals surface area contributed by atoms with Crippen LogP contribution in [-0.2, 0) is 23.9 Å². The number of likely N-dealkylation sites (N-methyl/N-ethyl adjacent to an activating group) is 1. The van der Waals surface area contributed by atoms with Crippen LogP contribution in [0.3, 0.4) is 0 Å². The first-order chi connectivity index (χ1) is 26.8. The number of quaternary nitrogens is 1. The number of aliphatic hydroxyl groups is 1. The van der Waals surface area contributed by atoms with Gasteiger partial charge in [0.25, 0.3) is 0 Å².